The summed E-state index contributed by atoms with van der Waals surface area (Å²) >= 11 is 0. The van der Waals surface area contributed by atoms with E-state index < -0.39 is 11.6 Å². The van der Waals surface area contributed by atoms with E-state index in [2.05, 4.69) is 0 Å². The third-order valence-electron chi connectivity index (χ3n) is 3.56. The first-order valence-corrected chi connectivity index (χ1v) is 6.54. The molecule has 1 aliphatic heterocycles. The summed E-state index contributed by atoms with van der Waals surface area (Å²) < 4.78 is 11.0. The molecular formula is C15H16O4. The van der Waals surface area contributed by atoms with Gasteiger partial charge in [-0.15, -0.1) is 0 Å². The molecule has 2 atom stereocenters. The van der Waals surface area contributed by atoms with Gasteiger partial charge in [0.2, 0.25) is 5.60 Å². The molecule has 0 N–H and O–H groups in total. The van der Waals surface area contributed by atoms with Crippen LogP contribution >= 0.6 is 0 Å². The van der Waals surface area contributed by atoms with E-state index >= 15 is 0 Å². The lowest BCUT2D eigenvalue weighted by Gasteiger charge is -2.24. The van der Waals surface area contributed by atoms with Crippen molar-refractivity contribution in [2.75, 3.05) is 6.61 Å². The van der Waals surface area contributed by atoms with Crippen molar-refractivity contribution >= 4 is 11.8 Å². The van der Waals surface area contributed by atoms with Gasteiger partial charge in [-0.3, -0.25) is 4.79 Å². The second kappa shape index (κ2) is 4.08. The Morgan fingerprint density at radius 2 is 2.21 bits per heavy atom. The minimum absolute atomic E-state index is 0.0108. The van der Waals surface area contributed by atoms with E-state index in [1.54, 1.807) is 24.3 Å². The molecule has 2 unspecified atom stereocenters. The SMILES string of the molecule is CC(C)COC(=O)C12CC1C(=O)c1ccccc1O2. The standard InChI is InChI=1S/C15H16O4/c1-9(2)8-18-14(17)15-7-11(15)13(16)10-5-3-4-6-12(10)19-15/h3-6,9,11H,7-8H2,1-2H3. The van der Waals surface area contributed by atoms with Crippen LogP contribution in [-0.4, -0.2) is 24.0 Å². The molecule has 4 nitrogen and oxygen atoms in total. The van der Waals surface area contributed by atoms with Crippen LogP contribution in [0.2, 0.25) is 0 Å². The first-order chi connectivity index (χ1) is 9.04. The summed E-state index contributed by atoms with van der Waals surface area (Å²) in [6, 6.07) is 7.05. The van der Waals surface area contributed by atoms with Crippen molar-refractivity contribution in [2.45, 2.75) is 25.9 Å². The largest absolute Gasteiger partial charge is 0.474 e. The quantitative estimate of drug-likeness (QED) is 0.782. The Morgan fingerprint density at radius 3 is 2.95 bits per heavy atom. The summed E-state index contributed by atoms with van der Waals surface area (Å²) in [7, 11) is 0. The Hall–Kier alpha value is -1.84. The minimum atomic E-state index is -1.06. The molecular weight excluding hydrogens is 244 g/mol. The molecule has 0 amide bonds. The highest BCUT2D eigenvalue weighted by Gasteiger charge is 2.70. The van der Waals surface area contributed by atoms with Crippen molar-refractivity contribution in [1.29, 1.82) is 0 Å². The van der Waals surface area contributed by atoms with Gasteiger partial charge in [0.1, 0.15) is 5.75 Å². The topological polar surface area (TPSA) is 52.6 Å². The summed E-state index contributed by atoms with van der Waals surface area (Å²) in [4.78, 5) is 24.3. The van der Waals surface area contributed by atoms with E-state index in [4.69, 9.17) is 9.47 Å². The molecule has 1 aromatic rings. The third-order valence-corrected chi connectivity index (χ3v) is 3.56. The van der Waals surface area contributed by atoms with Crippen molar-refractivity contribution in [2.24, 2.45) is 11.8 Å². The van der Waals surface area contributed by atoms with E-state index in [1.807, 2.05) is 13.8 Å². The van der Waals surface area contributed by atoms with Crippen LogP contribution in [0.5, 0.6) is 5.75 Å². The first-order valence-electron chi connectivity index (χ1n) is 6.54. The van der Waals surface area contributed by atoms with Crippen LogP contribution in [-0.2, 0) is 9.53 Å². The van der Waals surface area contributed by atoms with E-state index in [0.717, 1.165) is 0 Å². The smallest absolute Gasteiger partial charge is 0.351 e. The number of Topliss-reactive ketones (excluding diaryl/α,β-unsaturated/α-hetero) is 1. The Kier molecular flexibility index (Phi) is 2.62. The van der Waals surface area contributed by atoms with Gasteiger partial charge in [-0.1, -0.05) is 26.0 Å². The molecule has 1 aliphatic carbocycles. The molecule has 1 fully saturated rings. The molecule has 3 rings (SSSR count). The third kappa shape index (κ3) is 1.82. The maximum atomic E-state index is 12.2. The Morgan fingerprint density at radius 1 is 1.47 bits per heavy atom. The maximum Gasteiger partial charge on any atom is 0.351 e. The number of ketones is 1. The molecule has 1 saturated carbocycles. The van der Waals surface area contributed by atoms with Gasteiger partial charge in [-0.05, 0) is 18.1 Å². The van der Waals surface area contributed by atoms with Crippen LogP contribution in [0.15, 0.2) is 24.3 Å². The predicted octanol–water partition coefficient (Wildman–Crippen LogP) is 2.22. The summed E-state index contributed by atoms with van der Waals surface area (Å²) in [5, 5.41) is 0. The predicted molar refractivity (Wildman–Crippen MR) is 68.0 cm³/mol. The first kappa shape index (κ1) is 12.2. The Labute approximate surface area is 111 Å². The minimum Gasteiger partial charge on any atom is -0.474 e. The number of hydrogen-bond acceptors (Lipinski definition) is 4. The van der Waals surface area contributed by atoms with Gasteiger partial charge in [-0.25, -0.2) is 4.79 Å². The Balaban J connectivity index is 1.83. The van der Waals surface area contributed by atoms with E-state index in [-0.39, 0.29) is 17.6 Å². The highest BCUT2D eigenvalue weighted by atomic mass is 16.6. The summed E-state index contributed by atoms with van der Waals surface area (Å²) in [6.07, 6.45) is 0.428. The number of carbonyl (C=O) groups is 2. The van der Waals surface area contributed by atoms with Gasteiger partial charge in [0.05, 0.1) is 18.1 Å². The number of hydrogen-bond donors (Lipinski definition) is 0. The van der Waals surface area contributed by atoms with Crippen molar-refractivity contribution in [3.05, 3.63) is 29.8 Å². The zero-order valence-electron chi connectivity index (χ0n) is 11.0. The Bertz CT molecular complexity index is 549. The monoisotopic (exact) mass is 260 g/mol. The molecule has 19 heavy (non-hydrogen) atoms. The highest BCUT2D eigenvalue weighted by Crippen LogP contribution is 2.54. The van der Waals surface area contributed by atoms with Gasteiger partial charge in [-0.2, -0.15) is 0 Å². The second-order valence-corrected chi connectivity index (χ2v) is 5.60. The molecule has 0 spiro atoms. The van der Waals surface area contributed by atoms with Crippen LogP contribution in [0, 0.1) is 11.8 Å². The fourth-order valence-electron chi connectivity index (χ4n) is 2.44. The average Bonchev–Trinajstić information content (AvgIpc) is 3.12. The highest BCUT2D eigenvalue weighted by molar-refractivity contribution is 6.09. The fourth-order valence-corrected chi connectivity index (χ4v) is 2.44. The summed E-state index contributed by atoms with van der Waals surface area (Å²) in [5.74, 6) is -0.0358. The molecule has 100 valence electrons. The van der Waals surface area contributed by atoms with Gasteiger partial charge >= 0.3 is 5.97 Å². The molecule has 2 aliphatic rings. The van der Waals surface area contributed by atoms with Crippen LogP contribution < -0.4 is 4.74 Å². The molecule has 1 heterocycles. The number of esters is 1. The van der Waals surface area contributed by atoms with Crippen molar-refractivity contribution < 1.29 is 19.1 Å². The zero-order chi connectivity index (χ0) is 13.6. The van der Waals surface area contributed by atoms with Gasteiger partial charge in [0.25, 0.3) is 0 Å². The van der Waals surface area contributed by atoms with Crippen molar-refractivity contribution in [3.63, 3.8) is 0 Å². The molecule has 1 aromatic carbocycles. The number of para-hydroxylation sites is 1. The van der Waals surface area contributed by atoms with Gasteiger partial charge in [0.15, 0.2) is 5.78 Å². The second-order valence-electron chi connectivity index (χ2n) is 5.60. The van der Waals surface area contributed by atoms with E-state index in [9.17, 15) is 9.59 Å². The molecule has 0 bridgehead atoms. The molecule has 4 heteroatoms. The van der Waals surface area contributed by atoms with Crippen molar-refractivity contribution in [1.82, 2.24) is 0 Å². The molecule has 0 aromatic heterocycles. The van der Waals surface area contributed by atoms with Crippen LogP contribution in [0.4, 0.5) is 0 Å². The number of ether oxygens (including phenoxy) is 2. The molecule has 0 saturated heterocycles. The average molecular weight is 260 g/mol. The van der Waals surface area contributed by atoms with Gasteiger partial charge in [0, 0.05) is 6.42 Å². The summed E-state index contributed by atoms with van der Waals surface area (Å²) in [5.41, 5.74) is -0.488. The van der Waals surface area contributed by atoms with Crippen LogP contribution in [0.3, 0.4) is 0 Å². The number of benzene rings is 1. The summed E-state index contributed by atoms with van der Waals surface area (Å²) in [6.45, 7) is 4.29. The molecule has 0 radical (unpaired) electrons. The van der Waals surface area contributed by atoms with Gasteiger partial charge < -0.3 is 9.47 Å². The van der Waals surface area contributed by atoms with Crippen LogP contribution in [0.1, 0.15) is 30.6 Å². The lowest BCUT2D eigenvalue weighted by Crippen LogP contribution is -2.39. The lowest BCUT2D eigenvalue weighted by molar-refractivity contribution is -0.156. The van der Waals surface area contributed by atoms with E-state index in [1.165, 1.54) is 0 Å². The fraction of sp³-hybridized carbons (Fsp3) is 0.467. The van der Waals surface area contributed by atoms with E-state index in [0.29, 0.717) is 24.3 Å². The maximum absolute atomic E-state index is 12.2. The normalized spacial score (nSPS) is 27.3. The van der Waals surface area contributed by atoms with Crippen molar-refractivity contribution in [3.8, 4) is 5.75 Å². The number of fused-ring (bicyclic) bond motifs is 2. The number of rotatable bonds is 3. The van der Waals surface area contributed by atoms with Crippen LogP contribution in [0.25, 0.3) is 0 Å². The lowest BCUT2D eigenvalue weighted by atomic mass is 10.0. The zero-order valence-corrected chi connectivity index (χ0v) is 11.0. The number of carbonyl (C=O) groups excluding carboxylic acids is 2.